The van der Waals surface area contributed by atoms with Crippen LogP contribution in [0.3, 0.4) is 0 Å². The minimum absolute atomic E-state index is 0.0881. The Hall–Kier alpha value is -2.39. The Kier molecular flexibility index (Phi) is 3.17. The molecule has 2 saturated heterocycles. The van der Waals surface area contributed by atoms with Crippen molar-refractivity contribution >= 4 is 38.6 Å². The first-order chi connectivity index (χ1) is 13.5. The molecule has 2 bridgehead atoms. The monoisotopic (exact) mass is 401 g/mol. The van der Waals surface area contributed by atoms with E-state index in [0.717, 1.165) is 37.9 Å². The summed E-state index contributed by atoms with van der Waals surface area (Å²) in [7, 11) is 2.10. The molecule has 3 N–H and O–H groups in total. The van der Waals surface area contributed by atoms with Crippen LogP contribution in [0.15, 0.2) is 15.7 Å². The molecule has 6 rings (SSSR count). The lowest BCUT2D eigenvalue weighted by Gasteiger charge is -2.34. The maximum atomic E-state index is 15.3. The van der Waals surface area contributed by atoms with E-state index in [9.17, 15) is 9.59 Å². The summed E-state index contributed by atoms with van der Waals surface area (Å²) < 4.78 is 19.9. The molecule has 0 amide bonds. The van der Waals surface area contributed by atoms with Crippen LogP contribution in [-0.4, -0.2) is 45.9 Å². The van der Waals surface area contributed by atoms with Crippen LogP contribution in [0.4, 0.5) is 15.9 Å². The number of hydrogen-bond acceptors (Lipinski definition) is 6. The van der Waals surface area contributed by atoms with E-state index < -0.39 is 16.9 Å². The number of H-pyrrole nitrogens is 1. The molecular formula is C19H20FN5O2S. The summed E-state index contributed by atoms with van der Waals surface area (Å²) in [6.07, 6.45) is 3.02. The molecule has 1 aliphatic carbocycles. The Morgan fingerprint density at radius 1 is 1.25 bits per heavy atom. The highest BCUT2D eigenvalue weighted by Gasteiger charge is 2.43. The van der Waals surface area contributed by atoms with Crippen molar-refractivity contribution in [3.63, 3.8) is 0 Å². The molecule has 3 aromatic heterocycles. The fourth-order valence-electron chi connectivity index (χ4n) is 5.08. The second-order valence-electron chi connectivity index (χ2n) is 8.32. The van der Waals surface area contributed by atoms with E-state index in [-0.39, 0.29) is 23.2 Å². The average molecular weight is 401 g/mol. The number of likely N-dealkylation sites (N-methyl/N-ethyl adjacent to an activating group) is 1. The van der Waals surface area contributed by atoms with Gasteiger partial charge in [0.05, 0.1) is 15.9 Å². The fraction of sp³-hybridized carbons (Fsp3) is 0.474. The highest BCUT2D eigenvalue weighted by Crippen LogP contribution is 2.46. The molecule has 0 radical (unpaired) electrons. The van der Waals surface area contributed by atoms with Gasteiger partial charge in [0.15, 0.2) is 5.82 Å². The lowest BCUT2D eigenvalue weighted by atomic mass is 10.1. The van der Waals surface area contributed by atoms with Crippen LogP contribution in [-0.2, 0) is 0 Å². The SMILES string of the molecule is CN1C[C@H]2C[C@@H]1CN2c1cc2c(C3CC3)c3s[nH]c(=O)c3c(=O)n2c(N)c1F. The number of piperazine rings is 1. The van der Waals surface area contributed by atoms with Gasteiger partial charge in [-0.15, -0.1) is 0 Å². The lowest BCUT2D eigenvalue weighted by Crippen LogP contribution is -2.45. The summed E-state index contributed by atoms with van der Waals surface area (Å²) in [6, 6.07) is 2.46. The standard InChI is InChI=1S/C19H20FN5O2S/c1-23-6-10-4-9(23)7-24(10)12-5-11-13(8-2-3-8)16-14(18(26)22-28-16)19(27)25(11)17(21)15(12)20/h5,8-10H,2-4,6-7,21H2,1H3,(H,22,26)/t9-,10-/m1/s1. The van der Waals surface area contributed by atoms with Crippen LogP contribution < -0.4 is 21.8 Å². The van der Waals surface area contributed by atoms with Crippen molar-refractivity contribution in [2.75, 3.05) is 30.8 Å². The Labute approximate surface area is 163 Å². The minimum atomic E-state index is -0.572. The van der Waals surface area contributed by atoms with Crippen LogP contribution in [0.2, 0.25) is 0 Å². The second kappa shape index (κ2) is 5.36. The first-order valence-electron chi connectivity index (χ1n) is 9.60. The van der Waals surface area contributed by atoms with E-state index >= 15 is 4.39 Å². The third-order valence-corrected chi connectivity index (χ3v) is 7.57. The van der Waals surface area contributed by atoms with Gasteiger partial charge in [-0.2, -0.15) is 0 Å². The maximum absolute atomic E-state index is 15.3. The summed E-state index contributed by atoms with van der Waals surface area (Å²) in [5.74, 6) is -0.496. The van der Waals surface area contributed by atoms with Crippen molar-refractivity contribution < 1.29 is 4.39 Å². The summed E-state index contributed by atoms with van der Waals surface area (Å²) in [5.41, 5.74) is 7.25. The van der Waals surface area contributed by atoms with Crippen LogP contribution in [0, 0.1) is 5.82 Å². The normalized spacial score (nSPS) is 24.9. The molecule has 3 fully saturated rings. The topological polar surface area (TPSA) is 86.8 Å². The van der Waals surface area contributed by atoms with Gasteiger partial charge < -0.3 is 10.6 Å². The Balaban J connectivity index is 1.68. The lowest BCUT2D eigenvalue weighted by molar-refractivity contribution is 0.292. The first kappa shape index (κ1) is 16.6. The molecule has 7 nitrogen and oxygen atoms in total. The number of nitrogens with zero attached hydrogens (tertiary/aromatic N) is 3. The number of nitrogens with one attached hydrogen (secondary N) is 1. The van der Waals surface area contributed by atoms with Gasteiger partial charge in [0.25, 0.3) is 11.1 Å². The van der Waals surface area contributed by atoms with Crippen LogP contribution >= 0.6 is 11.5 Å². The highest BCUT2D eigenvalue weighted by molar-refractivity contribution is 7.13. The number of anilines is 2. The smallest absolute Gasteiger partial charge is 0.271 e. The van der Waals surface area contributed by atoms with Crippen molar-refractivity contribution in [2.45, 2.75) is 37.3 Å². The molecule has 2 aliphatic heterocycles. The third-order valence-electron chi connectivity index (χ3n) is 6.65. The molecule has 0 unspecified atom stereocenters. The van der Waals surface area contributed by atoms with Crippen molar-refractivity contribution in [1.29, 1.82) is 0 Å². The predicted octanol–water partition coefficient (Wildman–Crippen LogP) is 1.69. The second-order valence-corrected chi connectivity index (χ2v) is 9.13. The molecule has 28 heavy (non-hydrogen) atoms. The maximum Gasteiger partial charge on any atom is 0.271 e. The molecule has 3 aromatic rings. The number of likely N-dealkylation sites (tertiary alicyclic amines) is 1. The zero-order chi connectivity index (χ0) is 19.3. The fourth-order valence-corrected chi connectivity index (χ4v) is 6.04. The molecule has 146 valence electrons. The quantitative estimate of drug-likeness (QED) is 0.683. The number of rotatable bonds is 2. The minimum Gasteiger partial charge on any atom is -0.382 e. The Bertz CT molecular complexity index is 1270. The number of fused-ring (bicyclic) bond motifs is 4. The molecule has 2 atom stereocenters. The summed E-state index contributed by atoms with van der Waals surface area (Å²) in [5, 5.41) is 0.0881. The van der Waals surface area contributed by atoms with Crippen LogP contribution in [0.5, 0.6) is 0 Å². The van der Waals surface area contributed by atoms with Crippen molar-refractivity contribution in [2.24, 2.45) is 0 Å². The first-order valence-corrected chi connectivity index (χ1v) is 10.4. The Morgan fingerprint density at radius 2 is 2.04 bits per heavy atom. The van der Waals surface area contributed by atoms with Crippen molar-refractivity contribution in [1.82, 2.24) is 13.7 Å². The average Bonchev–Trinajstić information content (AvgIpc) is 3.15. The number of halogens is 1. The van der Waals surface area contributed by atoms with E-state index in [1.54, 1.807) is 6.07 Å². The zero-order valence-electron chi connectivity index (χ0n) is 15.4. The number of aromatic nitrogens is 2. The molecule has 5 heterocycles. The highest BCUT2D eigenvalue weighted by atomic mass is 32.1. The number of hydrogen-bond donors (Lipinski definition) is 2. The van der Waals surface area contributed by atoms with E-state index in [1.807, 2.05) is 0 Å². The van der Waals surface area contributed by atoms with E-state index in [2.05, 4.69) is 21.2 Å². The van der Waals surface area contributed by atoms with Crippen LogP contribution in [0.25, 0.3) is 15.6 Å². The number of pyridine rings is 2. The van der Waals surface area contributed by atoms with E-state index in [1.165, 1.54) is 15.9 Å². The predicted molar refractivity (Wildman–Crippen MR) is 108 cm³/mol. The number of aromatic amines is 1. The zero-order valence-corrected chi connectivity index (χ0v) is 16.2. The van der Waals surface area contributed by atoms with Gasteiger partial charge in [0.1, 0.15) is 11.2 Å². The number of nitrogen functional groups attached to an aromatic ring is 1. The van der Waals surface area contributed by atoms with Gasteiger partial charge >= 0.3 is 0 Å². The van der Waals surface area contributed by atoms with Gasteiger partial charge in [0, 0.05) is 25.2 Å². The van der Waals surface area contributed by atoms with Crippen molar-refractivity contribution in [3.05, 3.63) is 38.2 Å². The Morgan fingerprint density at radius 3 is 2.68 bits per heavy atom. The number of nitrogens with two attached hydrogens (primary N) is 1. The molecule has 3 aliphatic rings. The molecule has 9 heteroatoms. The third kappa shape index (κ3) is 2.00. The largest absolute Gasteiger partial charge is 0.382 e. The summed E-state index contributed by atoms with van der Waals surface area (Å²) >= 11 is 1.19. The van der Waals surface area contributed by atoms with Gasteiger partial charge in [-0.1, -0.05) is 11.5 Å². The molecular weight excluding hydrogens is 381 g/mol. The molecule has 0 spiro atoms. The van der Waals surface area contributed by atoms with Gasteiger partial charge in [-0.3, -0.25) is 23.3 Å². The van der Waals surface area contributed by atoms with E-state index in [0.29, 0.717) is 21.9 Å². The molecule has 0 aromatic carbocycles. The van der Waals surface area contributed by atoms with Crippen LogP contribution in [0.1, 0.15) is 30.7 Å². The van der Waals surface area contributed by atoms with Crippen molar-refractivity contribution in [3.8, 4) is 0 Å². The molecule has 1 saturated carbocycles. The summed E-state index contributed by atoms with van der Waals surface area (Å²) in [6.45, 7) is 1.66. The van der Waals surface area contributed by atoms with Gasteiger partial charge in [-0.25, -0.2) is 4.39 Å². The van der Waals surface area contributed by atoms with Gasteiger partial charge in [0.2, 0.25) is 0 Å². The van der Waals surface area contributed by atoms with Gasteiger partial charge in [-0.05, 0) is 43.9 Å². The summed E-state index contributed by atoms with van der Waals surface area (Å²) in [4.78, 5) is 29.7. The van der Waals surface area contributed by atoms with E-state index in [4.69, 9.17) is 5.73 Å².